The third-order valence-electron chi connectivity index (χ3n) is 4.17. The van der Waals surface area contributed by atoms with Crippen LogP contribution in [0, 0.1) is 0 Å². The highest BCUT2D eigenvalue weighted by Gasteiger charge is 2.14. The Labute approximate surface area is 132 Å². The number of aryl methyl sites for hydroxylation is 1. The summed E-state index contributed by atoms with van der Waals surface area (Å²) in [7, 11) is 0. The Morgan fingerprint density at radius 1 is 0.957 bits per heavy atom. The third-order valence-corrected chi connectivity index (χ3v) is 4.17. The molecule has 5 rings (SSSR count). The summed E-state index contributed by atoms with van der Waals surface area (Å²) in [5.74, 6) is 0.855. The second-order valence-electron chi connectivity index (χ2n) is 5.71. The van der Waals surface area contributed by atoms with Gasteiger partial charge in [0.25, 0.3) is 6.01 Å². The van der Waals surface area contributed by atoms with Gasteiger partial charge in [-0.15, -0.1) is 0 Å². The predicted molar refractivity (Wildman–Crippen MR) is 90.9 cm³/mol. The van der Waals surface area contributed by atoms with Crippen molar-refractivity contribution < 1.29 is 8.83 Å². The van der Waals surface area contributed by atoms with E-state index in [9.17, 15) is 0 Å². The molecule has 0 aliphatic heterocycles. The first kappa shape index (κ1) is 12.5. The molecule has 0 saturated carbocycles. The van der Waals surface area contributed by atoms with Gasteiger partial charge in [0.2, 0.25) is 0 Å². The quantitative estimate of drug-likeness (QED) is 0.547. The lowest BCUT2D eigenvalue weighted by molar-refractivity contribution is 0.563. The van der Waals surface area contributed by atoms with Crippen LogP contribution in [0.15, 0.2) is 57.4 Å². The average Bonchev–Trinajstić information content (AvgIpc) is 3.15. The van der Waals surface area contributed by atoms with Gasteiger partial charge < -0.3 is 14.2 Å². The van der Waals surface area contributed by atoms with Gasteiger partial charge in [-0.05, 0) is 43.2 Å². The van der Waals surface area contributed by atoms with Crippen molar-refractivity contribution in [2.24, 2.45) is 0 Å². The van der Waals surface area contributed by atoms with Gasteiger partial charge in [0.15, 0.2) is 5.76 Å². The minimum absolute atomic E-state index is 0.536. The van der Waals surface area contributed by atoms with E-state index in [1.807, 2.05) is 36.4 Å². The first-order valence-electron chi connectivity index (χ1n) is 7.71. The number of para-hydroxylation sites is 1. The molecule has 1 N–H and O–H groups in total. The number of anilines is 2. The third kappa shape index (κ3) is 2.03. The number of allylic oxidation sites excluding steroid dienone is 1. The molecule has 0 bridgehead atoms. The molecule has 0 amide bonds. The summed E-state index contributed by atoms with van der Waals surface area (Å²) < 4.78 is 11.6. The van der Waals surface area contributed by atoms with Crippen LogP contribution in [0.25, 0.3) is 28.0 Å². The number of nitrogens with one attached hydrogen (secondary N) is 1. The van der Waals surface area contributed by atoms with E-state index in [0.717, 1.165) is 51.9 Å². The van der Waals surface area contributed by atoms with Crippen LogP contribution in [0.2, 0.25) is 0 Å². The van der Waals surface area contributed by atoms with Crippen molar-refractivity contribution in [1.29, 1.82) is 0 Å². The van der Waals surface area contributed by atoms with Crippen molar-refractivity contribution in [3.05, 3.63) is 60.0 Å². The maximum atomic E-state index is 5.85. The highest BCUT2D eigenvalue weighted by atomic mass is 16.4. The zero-order valence-corrected chi connectivity index (χ0v) is 12.4. The van der Waals surface area contributed by atoms with Gasteiger partial charge in [0.1, 0.15) is 11.2 Å². The van der Waals surface area contributed by atoms with Crippen LogP contribution >= 0.6 is 0 Å². The molecule has 112 valence electrons. The highest BCUT2D eigenvalue weighted by Crippen LogP contribution is 2.32. The number of hydrogen-bond donors (Lipinski definition) is 1. The lowest BCUT2D eigenvalue weighted by atomic mass is 10.1. The number of oxazole rings is 1. The van der Waals surface area contributed by atoms with Crippen molar-refractivity contribution >= 4 is 39.7 Å². The highest BCUT2D eigenvalue weighted by molar-refractivity contribution is 6.06. The van der Waals surface area contributed by atoms with Gasteiger partial charge in [-0.3, -0.25) is 0 Å². The molecule has 1 aliphatic carbocycles. The Hall–Kier alpha value is -3.01. The molecule has 0 unspecified atom stereocenters. The number of fused-ring (bicyclic) bond motifs is 4. The number of nitrogens with zero attached hydrogens (tertiary/aromatic N) is 1. The number of furan rings is 1. The van der Waals surface area contributed by atoms with E-state index in [4.69, 9.17) is 8.83 Å². The standard InChI is InChI=1S/C19H14N2O2/c1-3-7-16-13(5-1)14-11-12(9-10-17(14)22-16)20-19-21-15-6-2-4-8-18(15)23-19/h1,3-5,7-11H,2,6H2,(H,20,21). The summed E-state index contributed by atoms with van der Waals surface area (Å²) >= 11 is 0. The largest absolute Gasteiger partial charge is 0.456 e. The van der Waals surface area contributed by atoms with E-state index < -0.39 is 0 Å². The number of rotatable bonds is 2. The van der Waals surface area contributed by atoms with Gasteiger partial charge in [0, 0.05) is 16.5 Å². The Morgan fingerprint density at radius 3 is 2.83 bits per heavy atom. The van der Waals surface area contributed by atoms with E-state index in [1.54, 1.807) is 0 Å². The molecule has 1 aliphatic rings. The average molecular weight is 302 g/mol. The number of benzene rings is 2. The fraction of sp³-hybridized carbons (Fsp3) is 0.105. The van der Waals surface area contributed by atoms with Crippen LogP contribution < -0.4 is 5.32 Å². The second-order valence-corrected chi connectivity index (χ2v) is 5.71. The molecule has 0 saturated heterocycles. The fourth-order valence-corrected chi connectivity index (χ4v) is 3.06. The Balaban J connectivity index is 1.56. The van der Waals surface area contributed by atoms with E-state index >= 15 is 0 Å². The summed E-state index contributed by atoms with van der Waals surface area (Å²) in [6.45, 7) is 0. The van der Waals surface area contributed by atoms with Crippen LogP contribution in [-0.4, -0.2) is 4.98 Å². The van der Waals surface area contributed by atoms with Gasteiger partial charge in [-0.2, -0.15) is 4.98 Å². The Morgan fingerprint density at radius 2 is 1.87 bits per heavy atom. The molecule has 0 fully saturated rings. The molecule has 0 spiro atoms. The molecule has 4 heteroatoms. The summed E-state index contributed by atoms with van der Waals surface area (Å²) in [5, 5.41) is 5.45. The Kier molecular flexibility index (Phi) is 2.58. The van der Waals surface area contributed by atoms with Crippen molar-refractivity contribution in [3.63, 3.8) is 0 Å². The summed E-state index contributed by atoms with van der Waals surface area (Å²) in [6.07, 6.45) is 6.05. The van der Waals surface area contributed by atoms with E-state index in [-0.39, 0.29) is 0 Å². The van der Waals surface area contributed by atoms with Gasteiger partial charge in [-0.25, -0.2) is 0 Å². The second kappa shape index (κ2) is 4.74. The molecule has 2 heterocycles. The lowest BCUT2D eigenvalue weighted by Gasteiger charge is -2.01. The maximum absolute atomic E-state index is 5.85. The summed E-state index contributed by atoms with van der Waals surface area (Å²) in [4.78, 5) is 4.52. The van der Waals surface area contributed by atoms with Crippen molar-refractivity contribution in [2.75, 3.05) is 5.32 Å². The van der Waals surface area contributed by atoms with E-state index in [2.05, 4.69) is 28.5 Å². The van der Waals surface area contributed by atoms with Crippen LogP contribution in [0.3, 0.4) is 0 Å². The normalized spacial score (nSPS) is 13.6. The van der Waals surface area contributed by atoms with Crippen LogP contribution in [-0.2, 0) is 6.42 Å². The smallest absolute Gasteiger partial charge is 0.299 e. The SMILES string of the molecule is C1=Cc2oc(Nc3ccc4oc5ccccc5c4c3)nc2CC1. The van der Waals surface area contributed by atoms with Gasteiger partial charge in [0.05, 0.1) is 5.69 Å². The van der Waals surface area contributed by atoms with Crippen LogP contribution in [0.4, 0.5) is 11.7 Å². The minimum atomic E-state index is 0.536. The minimum Gasteiger partial charge on any atom is -0.456 e. The van der Waals surface area contributed by atoms with Crippen LogP contribution in [0.1, 0.15) is 17.9 Å². The Bertz CT molecular complexity index is 1060. The summed E-state index contributed by atoms with van der Waals surface area (Å²) in [5.41, 5.74) is 3.74. The fourth-order valence-electron chi connectivity index (χ4n) is 3.06. The van der Waals surface area contributed by atoms with E-state index in [1.165, 1.54) is 0 Å². The van der Waals surface area contributed by atoms with Crippen molar-refractivity contribution in [3.8, 4) is 0 Å². The maximum Gasteiger partial charge on any atom is 0.299 e. The molecule has 0 atom stereocenters. The number of aromatic nitrogens is 1. The van der Waals surface area contributed by atoms with Gasteiger partial charge >= 0.3 is 0 Å². The van der Waals surface area contributed by atoms with Crippen molar-refractivity contribution in [2.45, 2.75) is 12.8 Å². The lowest BCUT2D eigenvalue weighted by Crippen LogP contribution is -1.92. The molecule has 2 aromatic heterocycles. The molecular weight excluding hydrogens is 288 g/mol. The molecule has 2 aromatic carbocycles. The predicted octanol–water partition coefficient (Wildman–Crippen LogP) is 5.28. The molecule has 4 aromatic rings. The molecule has 23 heavy (non-hydrogen) atoms. The first-order chi connectivity index (χ1) is 11.4. The van der Waals surface area contributed by atoms with Gasteiger partial charge in [-0.1, -0.05) is 24.3 Å². The van der Waals surface area contributed by atoms with E-state index in [0.29, 0.717) is 6.01 Å². The topological polar surface area (TPSA) is 51.2 Å². The van der Waals surface area contributed by atoms with Crippen molar-refractivity contribution in [1.82, 2.24) is 4.98 Å². The molecule has 4 nitrogen and oxygen atoms in total. The monoisotopic (exact) mass is 302 g/mol. The molecule has 0 radical (unpaired) electrons. The molecular formula is C19H14N2O2. The first-order valence-corrected chi connectivity index (χ1v) is 7.71. The zero-order chi connectivity index (χ0) is 15.2. The number of hydrogen-bond acceptors (Lipinski definition) is 4. The zero-order valence-electron chi connectivity index (χ0n) is 12.4. The van der Waals surface area contributed by atoms with Crippen LogP contribution in [0.5, 0.6) is 0 Å². The summed E-state index contributed by atoms with van der Waals surface area (Å²) in [6, 6.07) is 14.6.